The zero-order valence-electron chi connectivity index (χ0n) is 12.0. The van der Waals surface area contributed by atoms with Gasteiger partial charge in [0, 0.05) is 31.6 Å². The van der Waals surface area contributed by atoms with E-state index in [0.717, 1.165) is 12.5 Å². The number of hydrogen-bond donors (Lipinski definition) is 2. The molecule has 1 fully saturated rings. The molecule has 0 unspecified atom stereocenters. The van der Waals surface area contributed by atoms with Crippen molar-refractivity contribution in [3.63, 3.8) is 0 Å². The SMILES string of the molecule is CCCNc1nc(N2CCC(C(N)=O)CC2)c(F)cc1F. The van der Waals surface area contributed by atoms with Crippen LogP contribution in [0.5, 0.6) is 0 Å². The highest BCUT2D eigenvalue weighted by Gasteiger charge is 2.26. The number of nitrogens with one attached hydrogen (secondary N) is 1. The van der Waals surface area contributed by atoms with Gasteiger partial charge in [-0.15, -0.1) is 0 Å². The molecule has 0 saturated carbocycles. The summed E-state index contributed by atoms with van der Waals surface area (Å²) in [7, 11) is 0. The third kappa shape index (κ3) is 3.59. The van der Waals surface area contributed by atoms with Gasteiger partial charge in [0.25, 0.3) is 0 Å². The molecule has 0 bridgehead atoms. The number of carbonyl (C=O) groups excluding carboxylic acids is 1. The Kier molecular flexibility index (Phi) is 4.93. The Labute approximate surface area is 122 Å². The van der Waals surface area contributed by atoms with Gasteiger partial charge in [-0.05, 0) is 19.3 Å². The van der Waals surface area contributed by atoms with Crippen LogP contribution in [-0.2, 0) is 4.79 Å². The number of primary amides is 1. The summed E-state index contributed by atoms with van der Waals surface area (Å²) in [4.78, 5) is 16.9. The lowest BCUT2D eigenvalue weighted by molar-refractivity contribution is -0.122. The average Bonchev–Trinajstić information content (AvgIpc) is 2.46. The van der Waals surface area contributed by atoms with Crippen molar-refractivity contribution in [1.29, 1.82) is 0 Å². The molecule has 2 heterocycles. The first kappa shape index (κ1) is 15.5. The second kappa shape index (κ2) is 6.69. The molecule has 5 nitrogen and oxygen atoms in total. The standard InChI is InChI=1S/C14H20F2N4O/c1-2-5-18-13-10(15)8-11(16)14(19-13)20-6-3-9(4-7-20)12(17)21/h8-9H,2-7H2,1H3,(H2,17,21)(H,18,19). The summed E-state index contributed by atoms with van der Waals surface area (Å²) in [5, 5.41) is 2.84. The van der Waals surface area contributed by atoms with Gasteiger partial charge in [0.05, 0.1) is 0 Å². The van der Waals surface area contributed by atoms with Gasteiger partial charge in [-0.3, -0.25) is 4.79 Å². The first-order chi connectivity index (χ1) is 10.0. The van der Waals surface area contributed by atoms with Crippen LogP contribution in [0.15, 0.2) is 6.07 Å². The molecule has 3 N–H and O–H groups in total. The Morgan fingerprint density at radius 3 is 2.67 bits per heavy atom. The van der Waals surface area contributed by atoms with Crippen molar-refractivity contribution in [3.8, 4) is 0 Å². The molecular formula is C14H20F2N4O. The molecule has 0 radical (unpaired) electrons. The third-order valence-corrected chi connectivity index (χ3v) is 3.65. The fraction of sp³-hybridized carbons (Fsp3) is 0.571. The van der Waals surface area contributed by atoms with E-state index in [4.69, 9.17) is 5.73 Å². The minimum Gasteiger partial charge on any atom is -0.369 e. The zero-order chi connectivity index (χ0) is 15.4. The fourth-order valence-corrected chi connectivity index (χ4v) is 2.42. The molecule has 21 heavy (non-hydrogen) atoms. The molecular weight excluding hydrogens is 278 g/mol. The number of nitrogens with zero attached hydrogens (tertiary/aromatic N) is 2. The molecule has 1 aromatic heterocycles. The van der Waals surface area contributed by atoms with E-state index in [1.54, 1.807) is 4.90 Å². The number of hydrogen-bond acceptors (Lipinski definition) is 4. The van der Waals surface area contributed by atoms with E-state index in [-0.39, 0.29) is 23.5 Å². The maximum Gasteiger partial charge on any atom is 0.220 e. The molecule has 1 aliphatic rings. The maximum absolute atomic E-state index is 13.9. The second-order valence-electron chi connectivity index (χ2n) is 5.21. The number of anilines is 2. The quantitative estimate of drug-likeness (QED) is 0.870. The second-order valence-corrected chi connectivity index (χ2v) is 5.21. The van der Waals surface area contributed by atoms with Crippen LogP contribution in [0, 0.1) is 17.6 Å². The molecule has 0 aromatic carbocycles. The van der Waals surface area contributed by atoms with Gasteiger partial charge < -0.3 is 16.0 Å². The number of piperidine rings is 1. The van der Waals surface area contributed by atoms with E-state index in [9.17, 15) is 13.6 Å². The predicted molar refractivity (Wildman–Crippen MR) is 77.1 cm³/mol. The zero-order valence-corrected chi connectivity index (χ0v) is 12.0. The van der Waals surface area contributed by atoms with Crippen LogP contribution < -0.4 is 16.0 Å². The van der Waals surface area contributed by atoms with Gasteiger partial charge >= 0.3 is 0 Å². The lowest BCUT2D eigenvalue weighted by atomic mass is 9.96. The number of pyridine rings is 1. The van der Waals surface area contributed by atoms with E-state index >= 15 is 0 Å². The number of halogens is 2. The van der Waals surface area contributed by atoms with Crippen LogP contribution >= 0.6 is 0 Å². The van der Waals surface area contributed by atoms with Crippen LogP contribution in [0.25, 0.3) is 0 Å². The van der Waals surface area contributed by atoms with Gasteiger partial charge in [-0.25, -0.2) is 13.8 Å². The first-order valence-electron chi connectivity index (χ1n) is 7.17. The van der Waals surface area contributed by atoms with E-state index < -0.39 is 11.6 Å². The van der Waals surface area contributed by atoms with Crippen molar-refractivity contribution in [2.45, 2.75) is 26.2 Å². The Morgan fingerprint density at radius 2 is 2.10 bits per heavy atom. The highest BCUT2D eigenvalue weighted by Crippen LogP contribution is 2.26. The Balaban J connectivity index is 2.14. The van der Waals surface area contributed by atoms with Crippen molar-refractivity contribution in [1.82, 2.24) is 4.98 Å². The number of aromatic nitrogens is 1. The van der Waals surface area contributed by atoms with E-state index in [1.807, 2.05) is 6.92 Å². The third-order valence-electron chi connectivity index (χ3n) is 3.65. The van der Waals surface area contributed by atoms with Crippen molar-refractivity contribution in [2.24, 2.45) is 11.7 Å². The summed E-state index contributed by atoms with van der Waals surface area (Å²) in [5.74, 6) is -1.71. The molecule has 0 spiro atoms. The highest BCUT2D eigenvalue weighted by atomic mass is 19.1. The smallest absolute Gasteiger partial charge is 0.220 e. The van der Waals surface area contributed by atoms with Gasteiger partial charge in [-0.2, -0.15) is 0 Å². The summed E-state index contributed by atoms with van der Waals surface area (Å²) in [6.07, 6.45) is 1.94. The number of amides is 1. The molecule has 1 aliphatic heterocycles. The van der Waals surface area contributed by atoms with Gasteiger partial charge in [0.2, 0.25) is 5.91 Å². The molecule has 1 saturated heterocycles. The molecule has 0 aliphatic carbocycles. The van der Waals surface area contributed by atoms with Gasteiger partial charge in [-0.1, -0.05) is 6.92 Å². The van der Waals surface area contributed by atoms with Crippen molar-refractivity contribution in [3.05, 3.63) is 17.7 Å². The average molecular weight is 298 g/mol. The number of carbonyl (C=O) groups is 1. The van der Waals surface area contributed by atoms with Crippen LogP contribution in [0.2, 0.25) is 0 Å². The molecule has 1 aromatic rings. The largest absolute Gasteiger partial charge is 0.369 e. The summed E-state index contributed by atoms with van der Waals surface area (Å²) in [6.45, 7) is 3.48. The number of rotatable bonds is 5. The summed E-state index contributed by atoms with van der Waals surface area (Å²) in [6, 6.07) is 0.848. The van der Waals surface area contributed by atoms with Crippen LogP contribution in [0.4, 0.5) is 20.4 Å². The molecule has 2 rings (SSSR count). The maximum atomic E-state index is 13.9. The van der Waals surface area contributed by atoms with Crippen molar-refractivity contribution in [2.75, 3.05) is 29.9 Å². The predicted octanol–water partition coefficient (Wildman–Crippen LogP) is 1.88. The summed E-state index contributed by atoms with van der Waals surface area (Å²) < 4.78 is 27.6. The highest BCUT2D eigenvalue weighted by molar-refractivity contribution is 5.77. The first-order valence-corrected chi connectivity index (χ1v) is 7.17. The minimum absolute atomic E-state index is 0.0604. The van der Waals surface area contributed by atoms with E-state index in [2.05, 4.69) is 10.3 Å². The van der Waals surface area contributed by atoms with E-state index in [1.165, 1.54) is 0 Å². The minimum atomic E-state index is -0.697. The Hall–Kier alpha value is -1.92. The fourth-order valence-electron chi connectivity index (χ4n) is 2.42. The van der Waals surface area contributed by atoms with Crippen molar-refractivity contribution < 1.29 is 13.6 Å². The van der Waals surface area contributed by atoms with Crippen LogP contribution in [0.3, 0.4) is 0 Å². The van der Waals surface area contributed by atoms with Crippen LogP contribution in [0.1, 0.15) is 26.2 Å². The monoisotopic (exact) mass is 298 g/mol. The lowest BCUT2D eigenvalue weighted by Gasteiger charge is -2.31. The lowest BCUT2D eigenvalue weighted by Crippen LogP contribution is -2.39. The molecule has 0 atom stereocenters. The molecule has 7 heteroatoms. The van der Waals surface area contributed by atoms with Crippen molar-refractivity contribution >= 4 is 17.5 Å². The normalized spacial score (nSPS) is 16.0. The molecule has 1 amide bonds. The van der Waals surface area contributed by atoms with Crippen LogP contribution in [-0.4, -0.2) is 30.5 Å². The van der Waals surface area contributed by atoms with E-state index in [0.29, 0.717) is 32.5 Å². The molecule has 116 valence electrons. The topological polar surface area (TPSA) is 71.2 Å². The Bertz CT molecular complexity index is 516. The summed E-state index contributed by atoms with van der Waals surface area (Å²) >= 11 is 0. The van der Waals surface area contributed by atoms with Gasteiger partial charge in [0.1, 0.15) is 0 Å². The summed E-state index contributed by atoms with van der Waals surface area (Å²) in [5.41, 5.74) is 5.27. The number of nitrogens with two attached hydrogens (primary N) is 1. The Morgan fingerprint density at radius 1 is 1.43 bits per heavy atom. The van der Waals surface area contributed by atoms with Gasteiger partial charge in [0.15, 0.2) is 23.3 Å².